The maximum absolute atomic E-state index is 11.7. The lowest BCUT2D eigenvalue weighted by molar-refractivity contribution is 0.766. The van der Waals surface area contributed by atoms with E-state index < -0.39 is 0 Å². The van der Waals surface area contributed by atoms with Gasteiger partial charge >= 0.3 is 0 Å². The molecule has 0 amide bonds. The maximum atomic E-state index is 11.7. The van der Waals surface area contributed by atoms with E-state index in [1.165, 1.54) is 9.25 Å². The summed E-state index contributed by atoms with van der Waals surface area (Å²) in [4.78, 5) is 15.7. The zero-order chi connectivity index (χ0) is 10.8. The third-order valence-corrected chi connectivity index (χ3v) is 2.09. The molecule has 2 heterocycles. The molecule has 0 saturated carbocycles. The molecule has 0 saturated heterocycles. The van der Waals surface area contributed by atoms with E-state index in [0.717, 1.165) is 5.56 Å². The van der Waals surface area contributed by atoms with Crippen molar-refractivity contribution < 1.29 is 0 Å². The van der Waals surface area contributed by atoms with E-state index in [1.54, 1.807) is 31.8 Å². The van der Waals surface area contributed by atoms with E-state index in [9.17, 15) is 4.79 Å². The van der Waals surface area contributed by atoms with Crippen LogP contribution in [0.5, 0.6) is 0 Å². The Labute approximate surface area is 86.0 Å². The van der Waals surface area contributed by atoms with Gasteiger partial charge in [0.25, 0.3) is 5.56 Å². The zero-order valence-electron chi connectivity index (χ0n) is 8.29. The Morgan fingerprint density at radius 3 is 3.00 bits per heavy atom. The number of hydrogen-bond acceptors (Lipinski definition) is 4. The first-order valence-electron chi connectivity index (χ1n) is 4.48. The molecule has 2 N–H and O–H groups in total. The number of aryl methyl sites for hydroxylation is 1. The largest absolute Gasteiger partial charge is 0.326 e. The minimum absolute atomic E-state index is 0.191. The summed E-state index contributed by atoms with van der Waals surface area (Å²) in [5, 5.41) is 4.02. The minimum atomic E-state index is -0.191. The quantitative estimate of drug-likeness (QED) is 0.711. The van der Waals surface area contributed by atoms with Crippen molar-refractivity contribution in [2.75, 3.05) is 0 Å². The Morgan fingerprint density at radius 2 is 2.33 bits per heavy atom. The van der Waals surface area contributed by atoms with Crippen LogP contribution in [0.3, 0.4) is 0 Å². The average Bonchev–Trinajstić information content (AvgIpc) is 2.70. The van der Waals surface area contributed by atoms with Crippen LogP contribution in [0, 0.1) is 0 Å². The molecular formula is C9H11N5O. The van der Waals surface area contributed by atoms with Crippen LogP contribution >= 0.6 is 0 Å². The standard InChI is InChI=1S/C9H11N5O/c1-13-3-2-11-8(9(13)15)14-6-7(4-10)5-12-14/h2-3,5-6H,4,10H2,1H3. The van der Waals surface area contributed by atoms with Gasteiger partial charge in [0.1, 0.15) is 0 Å². The number of aromatic nitrogens is 4. The van der Waals surface area contributed by atoms with Crippen molar-refractivity contribution in [1.82, 2.24) is 19.3 Å². The second kappa shape index (κ2) is 3.66. The maximum Gasteiger partial charge on any atom is 0.295 e. The van der Waals surface area contributed by atoms with Gasteiger partial charge in [-0.15, -0.1) is 0 Å². The molecule has 2 rings (SSSR count). The Kier molecular flexibility index (Phi) is 2.34. The molecule has 15 heavy (non-hydrogen) atoms. The van der Waals surface area contributed by atoms with Gasteiger partial charge in [-0.25, -0.2) is 9.67 Å². The van der Waals surface area contributed by atoms with E-state index in [0.29, 0.717) is 6.54 Å². The summed E-state index contributed by atoms with van der Waals surface area (Å²) < 4.78 is 2.89. The summed E-state index contributed by atoms with van der Waals surface area (Å²) in [5.41, 5.74) is 6.13. The van der Waals surface area contributed by atoms with Crippen molar-refractivity contribution in [2.45, 2.75) is 6.54 Å². The summed E-state index contributed by atoms with van der Waals surface area (Å²) in [6, 6.07) is 0. The molecule has 0 fully saturated rings. The van der Waals surface area contributed by atoms with Crippen LogP contribution in [0.4, 0.5) is 0 Å². The molecule has 0 atom stereocenters. The number of nitrogens with zero attached hydrogens (tertiary/aromatic N) is 4. The molecule has 0 aliphatic carbocycles. The predicted octanol–water partition coefficient (Wildman–Crippen LogP) is -0.575. The zero-order valence-corrected chi connectivity index (χ0v) is 8.29. The molecule has 0 radical (unpaired) electrons. The van der Waals surface area contributed by atoms with Crippen molar-refractivity contribution >= 4 is 0 Å². The highest BCUT2D eigenvalue weighted by atomic mass is 16.1. The lowest BCUT2D eigenvalue weighted by Gasteiger charge is -2.00. The number of rotatable bonds is 2. The van der Waals surface area contributed by atoms with E-state index in [4.69, 9.17) is 5.73 Å². The Morgan fingerprint density at radius 1 is 1.53 bits per heavy atom. The summed E-state index contributed by atoms with van der Waals surface area (Å²) in [6.07, 6.45) is 6.47. The molecule has 2 aromatic heterocycles. The van der Waals surface area contributed by atoms with E-state index in [-0.39, 0.29) is 11.4 Å². The number of nitrogens with two attached hydrogens (primary N) is 1. The second-order valence-corrected chi connectivity index (χ2v) is 3.16. The fraction of sp³-hybridized carbons (Fsp3) is 0.222. The highest BCUT2D eigenvalue weighted by Gasteiger charge is 2.06. The van der Waals surface area contributed by atoms with Gasteiger partial charge in [0.15, 0.2) is 0 Å². The Hall–Kier alpha value is -1.95. The van der Waals surface area contributed by atoms with E-state index in [1.807, 2.05) is 0 Å². The summed E-state index contributed by atoms with van der Waals surface area (Å²) in [5.74, 6) is 0.278. The van der Waals surface area contributed by atoms with E-state index in [2.05, 4.69) is 10.1 Å². The molecule has 78 valence electrons. The third-order valence-electron chi connectivity index (χ3n) is 2.09. The lowest BCUT2D eigenvalue weighted by atomic mass is 10.4. The van der Waals surface area contributed by atoms with Crippen molar-refractivity contribution in [2.24, 2.45) is 12.8 Å². The van der Waals surface area contributed by atoms with Gasteiger partial charge in [-0.3, -0.25) is 4.79 Å². The topological polar surface area (TPSA) is 78.7 Å². The minimum Gasteiger partial charge on any atom is -0.326 e. The Bertz CT molecular complexity index is 527. The van der Waals surface area contributed by atoms with Gasteiger partial charge in [0.05, 0.1) is 6.20 Å². The van der Waals surface area contributed by atoms with Crippen LogP contribution in [0.15, 0.2) is 29.6 Å². The highest BCUT2D eigenvalue weighted by Crippen LogP contribution is 1.99. The fourth-order valence-corrected chi connectivity index (χ4v) is 1.22. The Balaban J connectivity index is 2.54. The van der Waals surface area contributed by atoms with E-state index >= 15 is 0 Å². The summed E-state index contributed by atoms with van der Waals surface area (Å²) in [7, 11) is 1.67. The van der Waals surface area contributed by atoms with Crippen molar-refractivity contribution in [3.05, 3.63) is 40.7 Å². The van der Waals surface area contributed by atoms with Crippen molar-refractivity contribution in [3.8, 4) is 5.82 Å². The van der Waals surface area contributed by atoms with Gasteiger partial charge in [-0.2, -0.15) is 5.10 Å². The monoisotopic (exact) mass is 205 g/mol. The molecule has 0 aliphatic heterocycles. The second-order valence-electron chi connectivity index (χ2n) is 3.16. The normalized spacial score (nSPS) is 10.5. The smallest absolute Gasteiger partial charge is 0.295 e. The van der Waals surface area contributed by atoms with Crippen molar-refractivity contribution in [3.63, 3.8) is 0 Å². The molecule has 2 aromatic rings. The van der Waals surface area contributed by atoms with Gasteiger partial charge in [-0.05, 0) is 0 Å². The molecule has 0 unspecified atom stereocenters. The van der Waals surface area contributed by atoms with Crippen LogP contribution in [0.1, 0.15) is 5.56 Å². The first-order valence-corrected chi connectivity index (χ1v) is 4.48. The van der Waals surface area contributed by atoms with Crippen LogP contribution in [0.2, 0.25) is 0 Å². The highest BCUT2D eigenvalue weighted by molar-refractivity contribution is 5.19. The average molecular weight is 205 g/mol. The molecular weight excluding hydrogens is 194 g/mol. The molecule has 6 heteroatoms. The van der Waals surface area contributed by atoms with Gasteiger partial charge in [0.2, 0.25) is 5.82 Å². The van der Waals surface area contributed by atoms with Crippen LogP contribution in [-0.4, -0.2) is 19.3 Å². The number of hydrogen-bond donors (Lipinski definition) is 1. The van der Waals surface area contributed by atoms with Gasteiger partial charge in [0, 0.05) is 37.7 Å². The molecule has 0 bridgehead atoms. The van der Waals surface area contributed by atoms with Crippen molar-refractivity contribution in [1.29, 1.82) is 0 Å². The predicted molar refractivity (Wildman–Crippen MR) is 54.5 cm³/mol. The fourth-order valence-electron chi connectivity index (χ4n) is 1.22. The van der Waals surface area contributed by atoms with Gasteiger partial charge < -0.3 is 10.3 Å². The SMILES string of the molecule is Cn1ccnc(-n2cc(CN)cn2)c1=O. The van der Waals surface area contributed by atoms with Crippen LogP contribution in [-0.2, 0) is 13.6 Å². The molecule has 0 spiro atoms. The lowest BCUT2D eigenvalue weighted by Crippen LogP contribution is -2.23. The molecule has 0 aromatic carbocycles. The molecule has 0 aliphatic rings. The summed E-state index contributed by atoms with van der Waals surface area (Å²) >= 11 is 0. The first kappa shape index (κ1) is 9.60. The van der Waals surface area contributed by atoms with Crippen LogP contribution in [0.25, 0.3) is 5.82 Å². The summed E-state index contributed by atoms with van der Waals surface area (Å²) in [6.45, 7) is 0.396. The van der Waals surface area contributed by atoms with Crippen LogP contribution < -0.4 is 11.3 Å². The molecule has 6 nitrogen and oxygen atoms in total. The van der Waals surface area contributed by atoms with Gasteiger partial charge in [-0.1, -0.05) is 0 Å². The third kappa shape index (κ3) is 1.66. The first-order chi connectivity index (χ1) is 7.22.